The summed E-state index contributed by atoms with van der Waals surface area (Å²) < 4.78 is 7.71. The number of imidazole rings is 1. The maximum Gasteiger partial charge on any atom is 0.137 e. The van der Waals surface area contributed by atoms with Crippen LogP contribution in [-0.2, 0) is 4.74 Å². The van der Waals surface area contributed by atoms with E-state index in [-0.39, 0.29) is 0 Å². The van der Waals surface area contributed by atoms with Crippen LogP contribution in [0, 0.1) is 13.8 Å². The normalized spacial score (nSPS) is 14.5. The quantitative estimate of drug-likeness (QED) is 0.521. The van der Waals surface area contributed by atoms with Gasteiger partial charge in [0.25, 0.3) is 0 Å². The number of anilines is 1. The molecule has 1 fully saturated rings. The third-order valence-corrected chi connectivity index (χ3v) is 5.72. The molecule has 1 aliphatic heterocycles. The van der Waals surface area contributed by atoms with E-state index in [0.29, 0.717) is 0 Å². The third-order valence-electron chi connectivity index (χ3n) is 5.72. The molecule has 4 aromatic rings. The number of rotatable bonds is 3. The van der Waals surface area contributed by atoms with Crippen LogP contribution in [0.5, 0.6) is 0 Å². The Morgan fingerprint density at radius 1 is 0.931 bits per heavy atom. The summed E-state index contributed by atoms with van der Waals surface area (Å²) in [5.74, 6) is 0. The largest absolute Gasteiger partial charge is 0.378 e. The molecule has 5 heteroatoms. The minimum atomic E-state index is 0.796. The standard InChI is InChI=1S/C24H24N4O/c1-17-14-23-26-16-22(28(23)18(2)24(17)20-4-3-9-25-15-20)19-5-7-21(8-6-19)27-10-12-29-13-11-27/h3-9,14-16H,10-13H2,1-2H3. The predicted molar refractivity (Wildman–Crippen MR) is 116 cm³/mol. The van der Waals surface area contributed by atoms with Gasteiger partial charge in [0.2, 0.25) is 0 Å². The molecule has 0 atom stereocenters. The Morgan fingerprint density at radius 2 is 1.72 bits per heavy atom. The highest BCUT2D eigenvalue weighted by atomic mass is 16.5. The molecule has 5 nitrogen and oxygen atoms in total. The van der Waals surface area contributed by atoms with E-state index in [1.807, 2.05) is 24.7 Å². The molecule has 1 aromatic carbocycles. The van der Waals surface area contributed by atoms with Crippen LogP contribution in [0.3, 0.4) is 0 Å². The molecule has 0 aliphatic carbocycles. The summed E-state index contributed by atoms with van der Waals surface area (Å²) in [6, 6.07) is 15.0. The van der Waals surface area contributed by atoms with Crippen molar-refractivity contribution in [2.45, 2.75) is 13.8 Å². The van der Waals surface area contributed by atoms with E-state index >= 15 is 0 Å². The zero-order chi connectivity index (χ0) is 19.8. The number of aryl methyl sites for hydroxylation is 2. The predicted octanol–water partition coefficient (Wildman–Crippen LogP) is 4.52. The molecule has 1 saturated heterocycles. The second-order valence-corrected chi connectivity index (χ2v) is 7.51. The van der Waals surface area contributed by atoms with Gasteiger partial charge in [-0.1, -0.05) is 18.2 Å². The Hall–Kier alpha value is -3.18. The smallest absolute Gasteiger partial charge is 0.137 e. The van der Waals surface area contributed by atoms with Crippen LogP contribution in [0.15, 0.2) is 61.1 Å². The number of nitrogens with zero attached hydrogens (tertiary/aromatic N) is 4. The van der Waals surface area contributed by atoms with Crippen molar-refractivity contribution in [3.63, 3.8) is 0 Å². The molecule has 5 rings (SSSR count). The van der Waals surface area contributed by atoms with Crippen molar-refractivity contribution in [2.24, 2.45) is 0 Å². The van der Waals surface area contributed by atoms with Gasteiger partial charge in [-0.15, -0.1) is 0 Å². The first kappa shape index (κ1) is 17.9. The molecule has 29 heavy (non-hydrogen) atoms. The molecule has 0 bridgehead atoms. The molecule has 0 saturated carbocycles. The van der Waals surface area contributed by atoms with Crippen molar-refractivity contribution in [3.8, 4) is 22.4 Å². The number of fused-ring (bicyclic) bond motifs is 1. The molecular formula is C24H24N4O. The lowest BCUT2D eigenvalue weighted by Crippen LogP contribution is -2.36. The number of hydrogen-bond donors (Lipinski definition) is 0. The average molecular weight is 384 g/mol. The Labute approximate surface area is 170 Å². The molecule has 146 valence electrons. The number of morpholine rings is 1. The van der Waals surface area contributed by atoms with Crippen molar-refractivity contribution in [1.29, 1.82) is 0 Å². The summed E-state index contributed by atoms with van der Waals surface area (Å²) in [4.78, 5) is 11.4. The van der Waals surface area contributed by atoms with Gasteiger partial charge in [0.1, 0.15) is 5.65 Å². The van der Waals surface area contributed by atoms with Crippen molar-refractivity contribution in [1.82, 2.24) is 14.4 Å². The van der Waals surface area contributed by atoms with E-state index in [1.54, 1.807) is 0 Å². The zero-order valence-electron chi connectivity index (χ0n) is 16.8. The molecule has 0 N–H and O–H groups in total. The zero-order valence-corrected chi connectivity index (χ0v) is 16.8. The second-order valence-electron chi connectivity index (χ2n) is 7.51. The number of benzene rings is 1. The highest BCUT2D eigenvalue weighted by molar-refractivity contribution is 5.75. The van der Waals surface area contributed by atoms with Gasteiger partial charge >= 0.3 is 0 Å². The molecular weight excluding hydrogens is 360 g/mol. The van der Waals surface area contributed by atoms with E-state index in [0.717, 1.165) is 43.2 Å². The summed E-state index contributed by atoms with van der Waals surface area (Å²) in [7, 11) is 0. The summed E-state index contributed by atoms with van der Waals surface area (Å²) in [6.07, 6.45) is 5.71. The summed E-state index contributed by atoms with van der Waals surface area (Å²) in [5.41, 5.74) is 9.23. The van der Waals surface area contributed by atoms with Crippen LogP contribution >= 0.6 is 0 Å². The highest BCUT2D eigenvalue weighted by Gasteiger charge is 2.16. The van der Waals surface area contributed by atoms with Crippen molar-refractivity contribution < 1.29 is 4.74 Å². The first-order valence-electron chi connectivity index (χ1n) is 10.0. The lowest BCUT2D eigenvalue weighted by molar-refractivity contribution is 0.122. The fraction of sp³-hybridized carbons (Fsp3) is 0.250. The van der Waals surface area contributed by atoms with E-state index < -0.39 is 0 Å². The molecule has 3 aromatic heterocycles. The summed E-state index contributed by atoms with van der Waals surface area (Å²) in [5, 5.41) is 0. The van der Waals surface area contributed by atoms with Gasteiger partial charge in [0.05, 0.1) is 25.1 Å². The molecule has 0 radical (unpaired) electrons. The molecule has 4 heterocycles. The van der Waals surface area contributed by atoms with E-state index in [9.17, 15) is 0 Å². The Morgan fingerprint density at radius 3 is 2.45 bits per heavy atom. The number of hydrogen-bond acceptors (Lipinski definition) is 4. The minimum Gasteiger partial charge on any atom is -0.378 e. The summed E-state index contributed by atoms with van der Waals surface area (Å²) in [6.45, 7) is 7.79. The van der Waals surface area contributed by atoms with E-state index in [1.165, 1.54) is 28.1 Å². The van der Waals surface area contributed by atoms with Crippen LogP contribution in [0.1, 0.15) is 11.3 Å². The second kappa shape index (κ2) is 7.33. The van der Waals surface area contributed by atoms with Crippen LogP contribution in [0.4, 0.5) is 5.69 Å². The lowest BCUT2D eigenvalue weighted by atomic mass is 10.0. The maximum absolute atomic E-state index is 5.46. The minimum absolute atomic E-state index is 0.796. The van der Waals surface area contributed by atoms with Crippen molar-refractivity contribution in [2.75, 3.05) is 31.2 Å². The van der Waals surface area contributed by atoms with Crippen LogP contribution < -0.4 is 4.90 Å². The highest BCUT2D eigenvalue weighted by Crippen LogP contribution is 2.32. The fourth-order valence-electron chi connectivity index (χ4n) is 4.30. The van der Waals surface area contributed by atoms with Gasteiger partial charge in [-0.25, -0.2) is 4.98 Å². The van der Waals surface area contributed by atoms with Crippen LogP contribution in [-0.4, -0.2) is 40.7 Å². The van der Waals surface area contributed by atoms with Crippen molar-refractivity contribution in [3.05, 3.63) is 72.3 Å². The maximum atomic E-state index is 5.46. The summed E-state index contributed by atoms with van der Waals surface area (Å²) >= 11 is 0. The van der Waals surface area contributed by atoms with E-state index in [4.69, 9.17) is 4.74 Å². The first-order chi connectivity index (χ1) is 14.2. The first-order valence-corrected chi connectivity index (χ1v) is 10.0. The monoisotopic (exact) mass is 384 g/mol. The number of ether oxygens (including phenoxy) is 1. The van der Waals surface area contributed by atoms with Crippen LogP contribution in [0.2, 0.25) is 0 Å². The third kappa shape index (κ3) is 3.17. The topological polar surface area (TPSA) is 42.7 Å². The SMILES string of the molecule is Cc1cc2ncc(-c3ccc(N4CCOCC4)cc3)n2c(C)c1-c1cccnc1. The Bertz CT molecular complexity index is 1140. The van der Waals surface area contributed by atoms with Gasteiger partial charge in [0, 0.05) is 53.6 Å². The number of aromatic nitrogens is 3. The Balaban J connectivity index is 1.59. The van der Waals surface area contributed by atoms with Gasteiger partial charge in [-0.05, 0) is 43.7 Å². The van der Waals surface area contributed by atoms with Gasteiger partial charge < -0.3 is 9.64 Å². The molecule has 0 amide bonds. The lowest BCUT2D eigenvalue weighted by Gasteiger charge is -2.28. The van der Waals surface area contributed by atoms with E-state index in [2.05, 4.69) is 69.5 Å². The van der Waals surface area contributed by atoms with Gasteiger partial charge in [-0.3, -0.25) is 9.38 Å². The van der Waals surface area contributed by atoms with Crippen LogP contribution in [0.25, 0.3) is 28.0 Å². The average Bonchev–Trinajstić information content (AvgIpc) is 3.19. The molecule has 0 unspecified atom stereocenters. The molecule has 0 spiro atoms. The fourth-order valence-corrected chi connectivity index (χ4v) is 4.30. The Kier molecular flexibility index (Phi) is 4.52. The van der Waals surface area contributed by atoms with Crippen molar-refractivity contribution >= 4 is 11.3 Å². The molecule has 1 aliphatic rings. The van der Waals surface area contributed by atoms with Gasteiger partial charge in [-0.2, -0.15) is 0 Å². The number of pyridine rings is 2. The van der Waals surface area contributed by atoms with Gasteiger partial charge in [0.15, 0.2) is 0 Å².